The molecule has 0 spiro atoms. The molecule has 104 valence electrons. The van der Waals surface area contributed by atoms with Crippen LogP contribution in [0.3, 0.4) is 0 Å². The molecule has 0 fully saturated rings. The first-order valence-corrected chi connectivity index (χ1v) is 6.61. The summed E-state index contributed by atoms with van der Waals surface area (Å²) in [5.41, 5.74) is 0. The standard InChI is InChI=1S/C10H14F2N2O2S.ClH/c1-2-13-6-7-14-17(15,16)10-8(11)4-3-5-9(10)12;/h3-5,13-14H,2,6-7H2,1H3;1H. The van der Waals surface area contributed by atoms with E-state index in [9.17, 15) is 17.2 Å². The maximum absolute atomic E-state index is 13.2. The van der Waals surface area contributed by atoms with Crippen LogP contribution >= 0.6 is 12.4 Å². The Morgan fingerprint density at radius 1 is 1.17 bits per heavy atom. The third-order valence-corrected chi connectivity index (χ3v) is 3.54. The second kappa shape index (κ2) is 7.63. The first-order valence-electron chi connectivity index (χ1n) is 5.13. The Bertz CT molecular complexity index is 463. The average molecular weight is 301 g/mol. The molecule has 8 heteroatoms. The molecule has 2 N–H and O–H groups in total. The Labute approximate surface area is 111 Å². The number of halogens is 3. The fourth-order valence-electron chi connectivity index (χ4n) is 1.26. The molecular weight excluding hydrogens is 286 g/mol. The van der Waals surface area contributed by atoms with Gasteiger partial charge >= 0.3 is 0 Å². The number of sulfonamides is 1. The van der Waals surface area contributed by atoms with Gasteiger partial charge in [-0.3, -0.25) is 0 Å². The number of benzene rings is 1. The Morgan fingerprint density at radius 3 is 2.22 bits per heavy atom. The SMILES string of the molecule is CCNCCNS(=O)(=O)c1c(F)cccc1F.Cl. The van der Waals surface area contributed by atoms with Crippen molar-refractivity contribution < 1.29 is 17.2 Å². The number of hydrogen-bond donors (Lipinski definition) is 2. The molecule has 1 rings (SSSR count). The monoisotopic (exact) mass is 300 g/mol. The molecule has 0 aliphatic heterocycles. The summed E-state index contributed by atoms with van der Waals surface area (Å²) < 4.78 is 51.9. The van der Waals surface area contributed by atoms with Crippen LogP contribution in [0.15, 0.2) is 23.1 Å². The zero-order chi connectivity index (χ0) is 12.9. The van der Waals surface area contributed by atoms with Crippen LogP contribution in [-0.2, 0) is 10.0 Å². The maximum atomic E-state index is 13.2. The van der Waals surface area contributed by atoms with Crippen LogP contribution in [0.5, 0.6) is 0 Å². The normalized spacial score (nSPS) is 11.1. The maximum Gasteiger partial charge on any atom is 0.246 e. The van der Waals surface area contributed by atoms with Crippen molar-refractivity contribution in [1.29, 1.82) is 0 Å². The molecule has 1 aromatic carbocycles. The molecule has 0 heterocycles. The van der Waals surface area contributed by atoms with Gasteiger partial charge in [-0.1, -0.05) is 13.0 Å². The highest BCUT2D eigenvalue weighted by atomic mass is 35.5. The highest BCUT2D eigenvalue weighted by molar-refractivity contribution is 7.89. The Morgan fingerprint density at radius 2 is 1.72 bits per heavy atom. The lowest BCUT2D eigenvalue weighted by molar-refractivity contribution is 0.513. The van der Waals surface area contributed by atoms with Gasteiger partial charge in [0.05, 0.1) is 0 Å². The summed E-state index contributed by atoms with van der Waals surface area (Å²) in [5, 5.41) is 2.89. The van der Waals surface area contributed by atoms with E-state index < -0.39 is 26.6 Å². The number of rotatable bonds is 6. The van der Waals surface area contributed by atoms with Gasteiger partial charge in [-0.15, -0.1) is 12.4 Å². The van der Waals surface area contributed by atoms with Crippen LogP contribution in [-0.4, -0.2) is 28.1 Å². The van der Waals surface area contributed by atoms with E-state index in [0.717, 1.165) is 18.2 Å². The second-order valence-corrected chi connectivity index (χ2v) is 5.01. The van der Waals surface area contributed by atoms with Crippen molar-refractivity contribution in [2.24, 2.45) is 0 Å². The van der Waals surface area contributed by atoms with Crippen LogP contribution in [0.2, 0.25) is 0 Å². The molecule has 0 aromatic heterocycles. The van der Waals surface area contributed by atoms with Crippen LogP contribution in [0.25, 0.3) is 0 Å². The third kappa shape index (κ3) is 4.49. The molecule has 0 aliphatic rings. The minimum Gasteiger partial charge on any atom is -0.316 e. The van der Waals surface area contributed by atoms with Crippen molar-refractivity contribution >= 4 is 22.4 Å². The van der Waals surface area contributed by atoms with Crippen LogP contribution in [0.1, 0.15) is 6.92 Å². The molecular formula is C10H15ClF2N2O2S. The molecule has 0 amide bonds. The Hall–Kier alpha value is -0.760. The van der Waals surface area contributed by atoms with Crippen molar-refractivity contribution in [1.82, 2.24) is 10.0 Å². The molecule has 0 atom stereocenters. The third-order valence-electron chi connectivity index (χ3n) is 2.03. The van der Waals surface area contributed by atoms with E-state index in [1.165, 1.54) is 0 Å². The van der Waals surface area contributed by atoms with Gasteiger partial charge in [-0.25, -0.2) is 21.9 Å². The second-order valence-electron chi connectivity index (χ2n) is 3.30. The van der Waals surface area contributed by atoms with Gasteiger partial charge in [0.15, 0.2) is 4.90 Å². The predicted molar refractivity (Wildman–Crippen MR) is 67.3 cm³/mol. The van der Waals surface area contributed by atoms with Gasteiger partial charge in [-0.2, -0.15) is 0 Å². The van der Waals surface area contributed by atoms with Gasteiger partial charge in [0.2, 0.25) is 10.0 Å². The lowest BCUT2D eigenvalue weighted by Crippen LogP contribution is -2.32. The van der Waals surface area contributed by atoms with E-state index in [4.69, 9.17) is 0 Å². The molecule has 0 bridgehead atoms. The summed E-state index contributed by atoms with van der Waals surface area (Å²) in [5.74, 6) is -2.19. The lowest BCUT2D eigenvalue weighted by atomic mass is 10.3. The topological polar surface area (TPSA) is 58.2 Å². The van der Waals surface area contributed by atoms with Crippen molar-refractivity contribution in [3.05, 3.63) is 29.8 Å². The number of nitrogens with one attached hydrogen (secondary N) is 2. The zero-order valence-electron chi connectivity index (χ0n) is 9.74. The van der Waals surface area contributed by atoms with Crippen LogP contribution in [0, 0.1) is 11.6 Å². The lowest BCUT2D eigenvalue weighted by Gasteiger charge is -2.08. The van der Waals surface area contributed by atoms with Crippen molar-refractivity contribution in [2.45, 2.75) is 11.8 Å². The zero-order valence-corrected chi connectivity index (χ0v) is 11.4. The summed E-state index contributed by atoms with van der Waals surface area (Å²) in [6.07, 6.45) is 0. The largest absolute Gasteiger partial charge is 0.316 e. The summed E-state index contributed by atoms with van der Waals surface area (Å²) >= 11 is 0. The van der Waals surface area contributed by atoms with E-state index >= 15 is 0 Å². The van der Waals surface area contributed by atoms with Gasteiger partial charge in [0, 0.05) is 13.1 Å². The summed E-state index contributed by atoms with van der Waals surface area (Å²) in [6, 6.07) is 2.92. The van der Waals surface area contributed by atoms with Gasteiger partial charge < -0.3 is 5.32 Å². The molecule has 1 aromatic rings. The Kier molecular flexibility index (Phi) is 7.30. The van der Waals surface area contributed by atoms with E-state index in [0.29, 0.717) is 13.1 Å². The average Bonchev–Trinajstić information content (AvgIpc) is 2.24. The van der Waals surface area contributed by atoms with Crippen LogP contribution < -0.4 is 10.0 Å². The van der Waals surface area contributed by atoms with Crippen molar-refractivity contribution in [3.63, 3.8) is 0 Å². The highest BCUT2D eigenvalue weighted by Gasteiger charge is 2.22. The minimum atomic E-state index is -4.14. The summed E-state index contributed by atoms with van der Waals surface area (Å²) in [7, 11) is -4.14. The molecule has 18 heavy (non-hydrogen) atoms. The smallest absolute Gasteiger partial charge is 0.246 e. The quantitative estimate of drug-likeness (QED) is 0.778. The first kappa shape index (κ1) is 17.2. The Balaban J connectivity index is 0.00000289. The predicted octanol–water partition coefficient (Wildman–Crippen LogP) is 1.27. The number of hydrogen-bond acceptors (Lipinski definition) is 3. The van der Waals surface area contributed by atoms with Gasteiger partial charge in [0.25, 0.3) is 0 Å². The molecule has 0 aliphatic carbocycles. The number of likely N-dealkylation sites (N-methyl/N-ethyl adjacent to an activating group) is 1. The molecule has 0 radical (unpaired) electrons. The summed E-state index contributed by atoms with van der Waals surface area (Å²) in [6.45, 7) is 3.02. The summed E-state index contributed by atoms with van der Waals surface area (Å²) in [4.78, 5) is -0.934. The van der Waals surface area contributed by atoms with E-state index in [1.54, 1.807) is 0 Å². The van der Waals surface area contributed by atoms with E-state index in [2.05, 4.69) is 10.0 Å². The van der Waals surface area contributed by atoms with E-state index in [1.807, 2.05) is 6.92 Å². The fraction of sp³-hybridized carbons (Fsp3) is 0.400. The molecule has 0 saturated heterocycles. The first-order chi connectivity index (χ1) is 7.99. The van der Waals surface area contributed by atoms with Crippen LogP contribution in [0.4, 0.5) is 8.78 Å². The van der Waals surface area contributed by atoms with Crippen molar-refractivity contribution in [3.8, 4) is 0 Å². The highest BCUT2D eigenvalue weighted by Crippen LogP contribution is 2.17. The molecule has 0 unspecified atom stereocenters. The van der Waals surface area contributed by atoms with Gasteiger partial charge in [0.1, 0.15) is 11.6 Å². The fourth-order valence-corrected chi connectivity index (χ4v) is 2.43. The van der Waals surface area contributed by atoms with Crippen molar-refractivity contribution in [2.75, 3.05) is 19.6 Å². The van der Waals surface area contributed by atoms with E-state index in [-0.39, 0.29) is 19.0 Å². The minimum absolute atomic E-state index is 0. The molecule has 0 saturated carbocycles. The van der Waals surface area contributed by atoms with Gasteiger partial charge in [-0.05, 0) is 18.7 Å². The molecule has 4 nitrogen and oxygen atoms in total.